The molecule has 0 N–H and O–H groups in total. The molecule has 84 valence electrons. The number of hydrogen-bond acceptors (Lipinski definition) is 3. The van der Waals surface area contributed by atoms with Crippen LogP contribution in [0.2, 0.25) is 0 Å². The van der Waals surface area contributed by atoms with Crippen molar-refractivity contribution in [2.45, 2.75) is 45.3 Å². The van der Waals surface area contributed by atoms with Crippen LogP contribution in [0.3, 0.4) is 0 Å². The lowest BCUT2D eigenvalue weighted by Crippen LogP contribution is -2.43. The molecule has 1 saturated heterocycles. The fourth-order valence-corrected chi connectivity index (χ4v) is 2.29. The van der Waals surface area contributed by atoms with E-state index in [1.165, 1.54) is 0 Å². The molecular formula is C11H17NO3. The minimum Gasteiger partial charge on any atom is -0.444 e. The number of Topliss-reactive ketones (excluding diaryl/α,β-unsaturated/α-hetero) is 1. The molecule has 0 aromatic heterocycles. The van der Waals surface area contributed by atoms with Crippen molar-refractivity contribution in [3.8, 4) is 0 Å². The van der Waals surface area contributed by atoms with E-state index in [0.717, 1.165) is 6.42 Å². The molecule has 4 heteroatoms. The Balaban J connectivity index is 1.97. The summed E-state index contributed by atoms with van der Waals surface area (Å²) < 4.78 is 5.29. The largest absolute Gasteiger partial charge is 0.444 e. The minimum absolute atomic E-state index is 0.0718. The number of amides is 1. The smallest absolute Gasteiger partial charge is 0.410 e. The molecule has 0 aromatic rings. The monoisotopic (exact) mass is 211 g/mol. The first-order valence-electron chi connectivity index (χ1n) is 5.39. The number of piperidine rings is 1. The fraction of sp³-hybridized carbons (Fsp3) is 0.818. The van der Waals surface area contributed by atoms with E-state index >= 15 is 0 Å². The Morgan fingerprint density at radius 3 is 2.53 bits per heavy atom. The Labute approximate surface area is 89.6 Å². The molecule has 1 saturated carbocycles. The lowest BCUT2D eigenvalue weighted by atomic mass is 10.1. The average Bonchev–Trinajstić information content (AvgIpc) is 2.58. The molecule has 2 atom stereocenters. The molecule has 1 heterocycles. The molecule has 0 aromatic carbocycles. The highest BCUT2D eigenvalue weighted by Crippen LogP contribution is 2.35. The van der Waals surface area contributed by atoms with Gasteiger partial charge in [-0.1, -0.05) is 0 Å². The predicted octanol–water partition coefficient (Wildman–Crippen LogP) is 1.58. The van der Waals surface area contributed by atoms with Crippen molar-refractivity contribution < 1.29 is 14.3 Å². The summed E-state index contributed by atoms with van der Waals surface area (Å²) in [6.45, 7) is 6.11. The summed E-state index contributed by atoms with van der Waals surface area (Å²) in [7, 11) is 0. The van der Waals surface area contributed by atoms with Gasteiger partial charge in [-0.15, -0.1) is 0 Å². The molecule has 2 aliphatic rings. The molecule has 15 heavy (non-hydrogen) atoms. The van der Waals surface area contributed by atoms with E-state index in [1.54, 1.807) is 4.90 Å². The molecule has 1 aliphatic carbocycles. The molecule has 1 aliphatic heterocycles. The van der Waals surface area contributed by atoms with Crippen LogP contribution in [-0.2, 0) is 9.53 Å². The second-order valence-corrected chi connectivity index (χ2v) is 5.39. The van der Waals surface area contributed by atoms with Gasteiger partial charge in [0.2, 0.25) is 0 Å². The van der Waals surface area contributed by atoms with E-state index in [-0.39, 0.29) is 18.1 Å². The molecule has 0 radical (unpaired) electrons. The van der Waals surface area contributed by atoms with Crippen molar-refractivity contribution in [3.05, 3.63) is 0 Å². The first-order chi connectivity index (χ1) is 6.87. The van der Waals surface area contributed by atoms with Crippen molar-refractivity contribution in [2.75, 3.05) is 6.54 Å². The Morgan fingerprint density at radius 1 is 1.47 bits per heavy atom. The van der Waals surface area contributed by atoms with Crippen molar-refractivity contribution in [3.63, 3.8) is 0 Å². The molecule has 4 nitrogen and oxygen atoms in total. The van der Waals surface area contributed by atoms with Crippen molar-refractivity contribution in [1.29, 1.82) is 0 Å². The summed E-state index contributed by atoms with van der Waals surface area (Å²) in [6.07, 6.45) is 1.07. The maximum absolute atomic E-state index is 11.7. The van der Waals surface area contributed by atoms with Gasteiger partial charge in [-0.05, 0) is 27.2 Å². The zero-order valence-electron chi connectivity index (χ0n) is 9.45. The quantitative estimate of drug-likeness (QED) is 0.611. The Hall–Kier alpha value is -1.06. The lowest BCUT2D eigenvalue weighted by Gasteiger charge is -2.29. The van der Waals surface area contributed by atoms with Crippen LogP contribution in [0.25, 0.3) is 0 Å². The summed E-state index contributed by atoms with van der Waals surface area (Å²) in [5.41, 5.74) is -0.455. The van der Waals surface area contributed by atoms with E-state index < -0.39 is 5.60 Å². The van der Waals surface area contributed by atoms with Crippen LogP contribution in [-0.4, -0.2) is 35.0 Å². The van der Waals surface area contributed by atoms with Gasteiger partial charge in [0.05, 0.1) is 0 Å². The fourth-order valence-electron chi connectivity index (χ4n) is 2.29. The second-order valence-electron chi connectivity index (χ2n) is 5.39. The normalized spacial score (nSPS) is 29.8. The number of likely N-dealkylation sites (tertiary alicyclic amines) is 1. The zero-order valence-corrected chi connectivity index (χ0v) is 9.45. The zero-order chi connectivity index (χ0) is 11.2. The van der Waals surface area contributed by atoms with Crippen LogP contribution >= 0.6 is 0 Å². The van der Waals surface area contributed by atoms with Gasteiger partial charge in [-0.25, -0.2) is 4.79 Å². The number of hydrogen-bond donors (Lipinski definition) is 0. The van der Waals surface area contributed by atoms with E-state index in [9.17, 15) is 9.59 Å². The average molecular weight is 211 g/mol. The van der Waals surface area contributed by atoms with Crippen LogP contribution in [0.4, 0.5) is 4.79 Å². The van der Waals surface area contributed by atoms with Crippen molar-refractivity contribution in [1.82, 2.24) is 4.90 Å². The summed E-state index contributed by atoms with van der Waals surface area (Å²) >= 11 is 0. The number of ketones is 1. The molecule has 2 unspecified atom stereocenters. The number of fused-ring (bicyclic) bond motifs is 2. The standard InChI is InChI=1S/C11H17NO3/c1-11(2,3)15-10(14)12-6-7-4-8(12)5-9(7)13/h7-8H,4-6H2,1-3H3. The van der Waals surface area contributed by atoms with E-state index in [4.69, 9.17) is 4.74 Å². The van der Waals surface area contributed by atoms with Gasteiger partial charge in [-0.2, -0.15) is 0 Å². The maximum atomic E-state index is 11.7. The first kappa shape index (κ1) is 10.5. The van der Waals surface area contributed by atoms with E-state index in [0.29, 0.717) is 18.7 Å². The highest BCUT2D eigenvalue weighted by molar-refractivity contribution is 5.87. The van der Waals surface area contributed by atoms with Crippen molar-refractivity contribution in [2.24, 2.45) is 5.92 Å². The topological polar surface area (TPSA) is 46.6 Å². The summed E-state index contributed by atoms with van der Waals surface area (Å²) in [4.78, 5) is 24.8. The van der Waals surface area contributed by atoms with Gasteiger partial charge in [0.15, 0.2) is 0 Å². The first-order valence-corrected chi connectivity index (χ1v) is 5.39. The van der Waals surface area contributed by atoms with Crippen LogP contribution in [0.1, 0.15) is 33.6 Å². The third-order valence-corrected chi connectivity index (χ3v) is 2.93. The second kappa shape index (κ2) is 3.22. The van der Waals surface area contributed by atoms with Gasteiger partial charge in [0.25, 0.3) is 0 Å². The molecule has 0 spiro atoms. The van der Waals surface area contributed by atoms with Crippen molar-refractivity contribution >= 4 is 11.9 Å². The highest BCUT2D eigenvalue weighted by Gasteiger charge is 2.46. The summed E-state index contributed by atoms with van der Waals surface area (Å²) in [5.74, 6) is 0.377. The maximum Gasteiger partial charge on any atom is 0.410 e. The molecule has 1 amide bonds. The van der Waals surface area contributed by atoms with Gasteiger partial charge < -0.3 is 9.64 Å². The van der Waals surface area contributed by atoms with Crippen LogP contribution in [0.15, 0.2) is 0 Å². The SMILES string of the molecule is CC(C)(C)OC(=O)N1CC2CC1CC2=O. The number of ether oxygens (including phenoxy) is 1. The van der Waals surface area contributed by atoms with Gasteiger partial charge in [0.1, 0.15) is 11.4 Å². The van der Waals surface area contributed by atoms with Crippen LogP contribution in [0.5, 0.6) is 0 Å². The Bertz CT molecular complexity index is 305. The Morgan fingerprint density at radius 2 is 2.13 bits per heavy atom. The van der Waals surface area contributed by atoms with Crippen LogP contribution < -0.4 is 0 Å². The Kier molecular flexibility index (Phi) is 2.24. The number of rotatable bonds is 0. The summed E-state index contributed by atoms with van der Waals surface area (Å²) in [6, 6.07) is 0.0948. The molecule has 2 bridgehead atoms. The lowest BCUT2D eigenvalue weighted by molar-refractivity contribution is -0.122. The third-order valence-electron chi connectivity index (χ3n) is 2.93. The highest BCUT2D eigenvalue weighted by atomic mass is 16.6. The molecule has 2 fully saturated rings. The number of nitrogens with zero attached hydrogens (tertiary/aromatic N) is 1. The summed E-state index contributed by atoms with van der Waals surface area (Å²) in [5, 5.41) is 0. The molecular weight excluding hydrogens is 194 g/mol. The number of carbonyl (C=O) groups excluding carboxylic acids is 2. The van der Waals surface area contributed by atoms with E-state index in [2.05, 4.69) is 0 Å². The molecule has 2 rings (SSSR count). The van der Waals surface area contributed by atoms with Gasteiger partial charge in [0, 0.05) is 24.9 Å². The van der Waals surface area contributed by atoms with Gasteiger partial charge in [-0.3, -0.25) is 4.79 Å². The predicted molar refractivity (Wildman–Crippen MR) is 54.5 cm³/mol. The van der Waals surface area contributed by atoms with Crippen LogP contribution in [0, 0.1) is 5.92 Å². The van der Waals surface area contributed by atoms with E-state index in [1.807, 2.05) is 20.8 Å². The number of carbonyl (C=O) groups is 2. The minimum atomic E-state index is -0.455. The third kappa shape index (κ3) is 1.98. The van der Waals surface area contributed by atoms with Gasteiger partial charge >= 0.3 is 6.09 Å².